The van der Waals surface area contributed by atoms with Gasteiger partial charge in [-0.1, -0.05) is 0 Å². The van der Waals surface area contributed by atoms with Crippen molar-refractivity contribution in [2.75, 3.05) is 11.9 Å². The molecule has 1 N–H and O–H groups in total. The highest BCUT2D eigenvalue weighted by atomic mass is 14.9. The summed E-state index contributed by atoms with van der Waals surface area (Å²) in [6.07, 6.45) is 6.88. The summed E-state index contributed by atoms with van der Waals surface area (Å²) < 4.78 is 2.23. The van der Waals surface area contributed by atoms with Crippen LogP contribution in [-0.2, 0) is 13.0 Å². The number of aryl methyl sites for hydroxylation is 2. The average Bonchev–Trinajstić information content (AvgIpc) is 2.17. The fourth-order valence-corrected chi connectivity index (χ4v) is 1.66. The molecule has 0 fully saturated rings. The van der Waals surface area contributed by atoms with E-state index >= 15 is 0 Å². The van der Waals surface area contributed by atoms with E-state index in [9.17, 15) is 0 Å². The molecule has 1 aliphatic heterocycles. The highest BCUT2D eigenvalue weighted by molar-refractivity contribution is 5.50. The lowest BCUT2D eigenvalue weighted by Crippen LogP contribution is -2.32. The van der Waals surface area contributed by atoms with E-state index in [1.165, 1.54) is 24.1 Å². The number of aromatic nitrogens is 1. The molecule has 64 valence electrons. The van der Waals surface area contributed by atoms with Crippen molar-refractivity contribution in [3.8, 4) is 0 Å². The molecule has 2 rings (SSSR count). The smallest absolute Gasteiger partial charge is 0.174 e. The van der Waals surface area contributed by atoms with Gasteiger partial charge in [-0.15, -0.1) is 0 Å². The SMILES string of the molecule is CC[n+]1ccc2c(c1)CCCN2. The average molecular weight is 163 g/mol. The molecule has 0 saturated heterocycles. The summed E-state index contributed by atoms with van der Waals surface area (Å²) in [6, 6.07) is 2.18. The van der Waals surface area contributed by atoms with E-state index in [0.717, 1.165) is 13.1 Å². The van der Waals surface area contributed by atoms with Crippen LogP contribution >= 0.6 is 0 Å². The number of fused-ring (bicyclic) bond motifs is 1. The van der Waals surface area contributed by atoms with Crippen molar-refractivity contribution in [1.29, 1.82) is 0 Å². The molecule has 0 radical (unpaired) electrons. The first kappa shape index (κ1) is 7.59. The van der Waals surface area contributed by atoms with Crippen molar-refractivity contribution in [3.05, 3.63) is 24.0 Å². The summed E-state index contributed by atoms with van der Waals surface area (Å²) in [5.41, 5.74) is 2.79. The Morgan fingerprint density at radius 3 is 3.33 bits per heavy atom. The summed E-state index contributed by atoms with van der Waals surface area (Å²) in [4.78, 5) is 0. The molecular formula is C10H15N2+. The first-order valence-corrected chi connectivity index (χ1v) is 4.66. The Hall–Kier alpha value is -1.05. The third-order valence-electron chi connectivity index (χ3n) is 2.40. The molecule has 2 heterocycles. The zero-order valence-electron chi connectivity index (χ0n) is 7.51. The van der Waals surface area contributed by atoms with Crippen LogP contribution in [0.2, 0.25) is 0 Å². The van der Waals surface area contributed by atoms with Gasteiger partial charge in [0.1, 0.15) is 6.54 Å². The number of pyridine rings is 1. The maximum Gasteiger partial charge on any atom is 0.174 e. The van der Waals surface area contributed by atoms with Gasteiger partial charge in [0.05, 0.1) is 0 Å². The predicted molar refractivity (Wildman–Crippen MR) is 49.1 cm³/mol. The Balaban J connectivity index is 2.36. The summed E-state index contributed by atoms with van der Waals surface area (Å²) in [6.45, 7) is 4.36. The van der Waals surface area contributed by atoms with Crippen molar-refractivity contribution in [1.82, 2.24) is 0 Å². The van der Waals surface area contributed by atoms with E-state index in [4.69, 9.17) is 0 Å². The topological polar surface area (TPSA) is 15.9 Å². The lowest BCUT2D eigenvalue weighted by molar-refractivity contribution is -0.693. The van der Waals surface area contributed by atoms with Crippen LogP contribution in [0.1, 0.15) is 18.9 Å². The molecule has 1 aromatic heterocycles. The largest absolute Gasteiger partial charge is 0.384 e. The van der Waals surface area contributed by atoms with Crippen LogP contribution in [0.15, 0.2) is 18.5 Å². The third-order valence-corrected chi connectivity index (χ3v) is 2.40. The second kappa shape index (κ2) is 3.13. The molecule has 0 aromatic carbocycles. The predicted octanol–water partition coefficient (Wildman–Crippen LogP) is 1.35. The van der Waals surface area contributed by atoms with Gasteiger partial charge in [-0.05, 0) is 19.8 Å². The Kier molecular flexibility index (Phi) is 1.98. The maximum absolute atomic E-state index is 3.40. The van der Waals surface area contributed by atoms with E-state index in [-0.39, 0.29) is 0 Å². The Labute approximate surface area is 73.2 Å². The Bertz CT molecular complexity index is 281. The summed E-state index contributed by atoms with van der Waals surface area (Å²) >= 11 is 0. The number of nitrogens with one attached hydrogen (secondary N) is 1. The van der Waals surface area contributed by atoms with Gasteiger partial charge in [-0.25, -0.2) is 4.57 Å². The zero-order valence-corrected chi connectivity index (χ0v) is 7.51. The number of rotatable bonds is 1. The van der Waals surface area contributed by atoms with Crippen LogP contribution in [0.25, 0.3) is 0 Å². The van der Waals surface area contributed by atoms with Crippen molar-refractivity contribution >= 4 is 5.69 Å². The molecule has 0 aliphatic carbocycles. The minimum Gasteiger partial charge on any atom is -0.384 e. The minimum absolute atomic E-state index is 1.06. The first-order chi connectivity index (χ1) is 5.90. The van der Waals surface area contributed by atoms with E-state index < -0.39 is 0 Å². The van der Waals surface area contributed by atoms with Crippen molar-refractivity contribution in [3.63, 3.8) is 0 Å². The zero-order chi connectivity index (χ0) is 8.39. The maximum atomic E-state index is 3.40. The van der Waals surface area contributed by atoms with Crippen LogP contribution in [0.3, 0.4) is 0 Å². The van der Waals surface area contributed by atoms with E-state index in [0.29, 0.717) is 0 Å². The molecular weight excluding hydrogens is 148 g/mol. The highest BCUT2D eigenvalue weighted by Crippen LogP contribution is 2.18. The molecule has 2 heteroatoms. The van der Waals surface area contributed by atoms with Gasteiger partial charge < -0.3 is 5.32 Å². The molecule has 2 nitrogen and oxygen atoms in total. The lowest BCUT2D eigenvalue weighted by atomic mass is 10.1. The fraction of sp³-hybridized carbons (Fsp3) is 0.500. The van der Waals surface area contributed by atoms with Gasteiger partial charge in [0.2, 0.25) is 0 Å². The Morgan fingerprint density at radius 1 is 1.58 bits per heavy atom. The molecule has 0 unspecified atom stereocenters. The van der Waals surface area contributed by atoms with Crippen LogP contribution in [0.4, 0.5) is 5.69 Å². The van der Waals surface area contributed by atoms with Gasteiger partial charge >= 0.3 is 0 Å². The lowest BCUT2D eigenvalue weighted by Gasteiger charge is -2.15. The van der Waals surface area contributed by atoms with Gasteiger partial charge in [0, 0.05) is 23.9 Å². The molecule has 0 bridgehead atoms. The summed E-state index contributed by atoms with van der Waals surface area (Å²) in [7, 11) is 0. The first-order valence-electron chi connectivity index (χ1n) is 4.66. The van der Waals surface area contributed by atoms with Crippen molar-refractivity contribution in [2.45, 2.75) is 26.3 Å². The van der Waals surface area contributed by atoms with Crippen molar-refractivity contribution < 1.29 is 4.57 Å². The molecule has 0 spiro atoms. The molecule has 1 aliphatic rings. The van der Waals surface area contributed by atoms with E-state index in [2.05, 4.69) is 35.3 Å². The molecule has 0 atom stereocenters. The normalized spacial score (nSPS) is 15.1. The van der Waals surface area contributed by atoms with Crippen molar-refractivity contribution in [2.24, 2.45) is 0 Å². The second-order valence-electron chi connectivity index (χ2n) is 3.24. The monoisotopic (exact) mass is 163 g/mol. The molecule has 0 saturated carbocycles. The van der Waals surface area contributed by atoms with Crippen LogP contribution in [0, 0.1) is 0 Å². The number of anilines is 1. The second-order valence-corrected chi connectivity index (χ2v) is 3.24. The standard InChI is InChI=1S/C10H14N2/c1-2-12-7-5-10-9(8-12)4-3-6-11-10/h5,7-8H,2-4,6H2,1H3/p+1. The minimum atomic E-state index is 1.06. The van der Waals surface area contributed by atoms with Gasteiger partial charge in [0.25, 0.3) is 0 Å². The summed E-state index contributed by atoms with van der Waals surface area (Å²) in [5, 5.41) is 3.40. The van der Waals surface area contributed by atoms with Crippen LogP contribution in [-0.4, -0.2) is 6.54 Å². The van der Waals surface area contributed by atoms with E-state index in [1.807, 2.05) is 0 Å². The van der Waals surface area contributed by atoms with Crippen LogP contribution in [0.5, 0.6) is 0 Å². The van der Waals surface area contributed by atoms with Gasteiger partial charge in [-0.2, -0.15) is 0 Å². The Morgan fingerprint density at radius 2 is 2.50 bits per heavy atom. The quantitative estimate of drug-likeness (QED) is 0.618. The highest BCUT2D eigenvalue weighted by Gasteiger charge is 2.11. The van der Waals surface area contributed by atoms with Gasteiger partial charge in [0.15, 0.2) is 12.4 Å². The van der Waals surface area contributed by atoms with E-state index in [1.54, 1.807) is 0 Å². The number of hydrogen-bond acceptors (Lipinski definition) is 1. The summed E-state index contributed by atoms with van der Waals surface area (Å²) in [5.74, 6) is 0. The number of hydrogen-bond donors (Lipinski definition) is 1. The van der Waals surface area contributed by atoms with Crippen LogP contribution < -0.4 is 9.88 Å². The number of nitrogens with zero attached hydrogens (tertiary/aromatic N) is 1. The molecule has 12 heavy (non-hydrogen) atoms. The fourth-order valence-electron chi connectivity index (χ4n) is 1.66. The molecule has 1 aromatic rings. The third kappa shape index (κ3) is 1.29. The molecule has 0 amide bonds. The van der Waals surface area contributed by atoms with Gasteiger partial charge in [-0.3, -0.25) is 0 Å².